The molecule has 0 aliphatic carbocycles. The van der Waals surface area contributed by atoms with E-state index in [-0.39, 0.29) is 0 Å². The van der Waals surface area contributed by atoms with Gasteiger partial charge in [0.15, 0.2) is 0 Å². The van der Waals surface area contributed by atoms with Gasteiger partial charge in [0.05, 0.1) is 24.3 Å². The highest BCUT2D eigenvalue weighted by Gasteiger charge is 2.17. The SMILES string of the molecule is c1ccc2c(c1)OCCCCOc1ccccc1-c1nnc-2o1. The summed E-state index contributed by atoms with van der Waals surface area (Å²) >= 11 is 0. The summed E-state index contributed by atoms with van der Waals surface area (Å²) in [6.45, 7) is 1.26. The van der Waals surface area contributed by atoms with Crippen molar-refractivity contribution >= 4 is 0 Å². The van der Waals surface area contributed by atoms with Crippen molar-refractivity contribution in [3.05, 3.63) is 48.5 Å². The average molecular weight is 308 g/mol. The third-order valence-corrected chi connectivity index (χ3v) is 3.71. The predicted octanol–water partition coefficient (Wildman–Crippen LogP) is 3.96. The van der Waals surface area contributed by atoms with E-state index in [0.29, 0.717) is 25.0 Å². The van der Waals surface area contributed by atoms with E-state index in [1.165, 1.54) is 0 Å². The molecule has 2 bridgehead atoms. The highest BCUT2D eigenvalue weighted by Crippen LogP contribution is 2.34. The standard InChI is InChI=1S/C18H16N2O3/c1-3-9-15-13(7-1)17-19-20-18(23-17)14-8-2-4-10-16(14)22-12-6-5-11-21-15/h1-4,7-10H,5-6,11-12H2. The third-order valence-electron chi connectivity index (χ3n) is 3.71. The molecule has 0 spiro atoms. The van der Waals surface area contributed by atoms with Gasteiger partial charge in [-0.3, -0.25) is 0 Å². The number of nitrogens with zero attached hydrogens (tertiary/aromatic N) is 2. The Labute approximate surface area is 133 Å². The molecule has 0 saturated carbocycles. The lowest BCUT2D eigenvalue weighted by molar-refractivity contribution is 0.267. The zero-order chi connectivity index (χ0) is 15.5. The van der Waals surface area contributed by atoms with Gasteiger partial charge in [0, 0.05) is 0 Å². The third kappa shape index (κ3) is 2.77. The van der Waals surface area contributed by atoms with Crippen LogP contribution in [-0.2, 0) is 0 Å². The summed E-state index contributed by atoms with van der Waals surface area (Å²) in [5.41, 5.74) is 1.62. The van der Waals surface area contributed by atoms with Gasteiger partial charge in [-0.05, 0) is 37.1 Å². The number of hydrogen-bond donors (Lipinski definition) is 0. The molecule has 0 atom stereocenters. The molecule has 2 heterocycles. The minimum Gasteiger partial charge on any atom is -0.493 e. The lowest BCUT2D eigenvalue weighted by atomic mass is 10.2. The van der Waals surface area contributed by atoms with Crippen LogP contribution in [0.3, 0.4) is 0 Å². The van der Waals surface area contributed by atoms with Crippen LogP contribution in [0.25, 0.3) is 22.9 Å². The minimum atomic E-state index is 0.449. The molecule has 4 rings (SSSR count). The maximum Gasteiger partial charge on any atom is 0.251 e. The first-order valence-electron chi connectivity index (χ1n) is 7.70. The van der Waals surface area contributed by atoms with Crippen molar-refractivity contribution in [2.75, 3.05) is 13.2 Å². The Hall–Kier alpha value is -2.82. The molecule has 23 heavy (non-hydrogen) atoms. The van der Waals surface area contributed by atoms with Gasteiger partial charge in [0.2, 0.25) is 0 Å². The first kappa shape index (κ1) is 13.8. The Morgan fingerprint density at radius 1 is 0.652 bits per heavy atom. The van der Waals surface area contributed by atoms with Gasteiger partial charge in [-0.25, -0.2) is 0 Å². The topological polar surface area (TPSA) is 57.4 Å². The molecule has 2 aromatic carbocycles. The van der Waals surface area contributed by atoms with Gasteiger partial charge in [0.1, 0.15) is 11.5 Å². The van der Waals surface area contributed by atoms with Gasteiger partial charge >= 0.3 is 0 Å². The van der Waals surface area contributed by atoms with Crippen LogP contribution < -0.4 is 9.47 Å². The second kappa shape index (κ2) is 6.12. The molecule has 1 aliphatic rings. The number of benzene rings is 2. The van der Waals surface area contributed by atoms with Crippen LogP contribution in [0.1, 0.15) is 12.8 Å². The summed E-state index contributed by atoms with van der Waals surface area (Å²) < 4.78 is 17.6. The van der Waals surface area contributed by atoms with Crippen LogP contribution >= 0.6 is 0 Å². The Balaban J connectivity index is 1.82. The molecule has 1 aliphatic heterocycles. The van der Waals surface area contributed by atoms with E-state index in [1.54, 1.807) is 0 Å². The summed E-state index contributed by atoms with van der Waals surface area (Å²) in [5, 5.41) is 8.35. The maximum absolute atomic E-state index is 5.87. The van der Waals surface area contributed by atoms with E-state index < -0.39 is 0 Å². The number of para-hydroxylation sites is 2. The van der Waals surface area contributed by atoms with Crippen molar-refractivity contribution in [1.82, 2.24) is 10.2 Å². The zero-order valence-corrected chi connectivity index (χ0v) is 12.6. The number of fused-ring (bicyclic) bond motifs is 6. The second-order valence-corrected chi connectivity index (χ2v) is 5.31. The van der Waals surface area contributed by atoms with Crippen molar-refractivity contribution in [1.29, 1.82) is 0 Å². The maximum atomic E-state index is 5.87. The molecule has 0 saturated heterocycles. The molecule has 5 nitrogen and oxygen atoms in total. The number of ether oxygens (including phenoxy) is 2. The van der Waals surface area contributed by atoms with Gasteiger partial charge in [-0.2, -0.15) is 0 Å². The fourth-order valence-electron chi connectivity index (χ4n) is 2.55. The molecular formula is C18H16N2O3. The van der Waals surface area contributed by atoms with Crippen molar-refractivity contribution in [2.45, 2.75) is 12.8 Å². The fraction of sp³-hybridized carbons (Fsp3) is 0.222. The van der Waals surface area contributed by atoms with Crippen molar-refractivity contribution in [3.8, 4) is 34.4 Å². The van der Waals surface area contributed by atoms with E-state index in [2.05, 4.69) is 10.2 Å². The summed E-state index contributed by atoms with van der Waals surface area (Å²) in [6, 6.07) is 15.4. The van der Waals surface area contributed by atoms with Crippen molar-refractivity contribution < 1.29 is 13.9 Å². The number of aromatic nitrogens is 2. The van der Waals surface area contributed by atoms with Crippen LogP contribution in [0.5, 0.6) is 11.5 Å². The molecule has 0 N–H and O–H groups in total. The quantitative estimate of drug-likeness (QED) is 0.629. The van der Waals surface area contributed by atoms with Crippen LogP contribution in [0, 0.1) is 0 Å². The van der Waals surface area contributed by atoms with Gasteiger partial charge in [0.25, 0.3) is 11.8 Å². The zero-order valence-electron chi connectivity index (χ0n) is 12.6. The summed E-state index contributed by atoms with van der Waals surface area (Å²) in [5.74, 6) is 2.42. The molecule has 5 heteroatoms. The van der Waals surface area contributed by atoms with Crippen molar-refractivity contribution in [3.63, 3.8) is 0 Å². The number of rotatable bonds is 0. The van der Waals surface area contributed by atoms with E-state index in [1.807, 2.05) is 48.5 Å². The van der Waals surface area contributed by atoms with E-state index >= 15 is 0 Å². The van der Waals surface area contributed by atoms with E-state index in [4.69, 9.17) is 13.9 Å². The van der Waals surface area contributed by atoms with Crippen LogP contribution in [0.2, 0.25) is 0 Å². The first-order valence-corrected chi connectivity index (χ1v) is 7.70. The highest BCUT2D eigenvalue weighted by molar-refractivity contribution is 5.66. The monoisotopic (exact) mass is 308 g/mol. The van der Waals surface area contributed by atoms with E-state index in [9.17, 15) is 0 Å². The number of hydrogen-bond acceptors (Lipinski definition) is 5. The lowest BCUT2D eigenvalue weighted by Crippen LogP contribution is -2.03. The molecule has 0 unspecified atom stereocenters. The predicted molar refractivity (Wildman–Crippen MR) is 85.4 cm³/mol. The molecule has 0 radical (unpaired) electrons. The van der Waals surface area contributed by atoms with Gasteiger partial charge < -0.3 is 13.9 Å². The first-order chi connectivity index (χ1) is 11.4. The van der Waals surface area contributed by atoms with Crippen LogP contribution in [0.4, 0.5) is 0 Å². The molecule has 116 valence electrons. The smallest absolute Gasteiger partial charge is 0.251 e. The Kier molecular flexibility index (Phi) is 3.68. The van der Waals surface area contributed by atoms with E-state index in [0.717, 1.165) is 35.5 Å². The molecule has 0 amide bonds. The molecule has 0 fully saturated rings. The second-order valence-electron chi connectivity index (χ2n) is 5.31. The van der Waals surface area contributed by atoms with Gasteiger partial charge in [-0.15, -0.1) is 10.2 Å². The summed E-state index contributed by atoms with van der Waals surface area (Å²) in [6.07, 6.45) is 1.84. The normalized spacial score (nSPS) is 14.1. The molecule has 1 aromatic heterocycles. The Morgan fingerprint density at radius 2 is 1.13 bits per heavy atom. The fourth-order valence-corrected chi connectivity index (χ4v) is 2.55. The summed E-state index contributed by atoms with van der Waals surface area (Å²) in [4.78, 5) is 0. The highest BCUT2D eigenvalue weighted by atomic mass is 16.5. The Bertz CT molecular complexity index is 747. The van der Waals surface area contributed by atoms with Crippen molar-refractivity contribution in [2.24, 2.45) is 0 Å². The van der Waals surface area contributed by atoms with Gasteiger partial charge in [-0.1, -0.05) is 24.3 Å². The Morgan fingerprint density at radius 3 is 1.65 bits per heavy atom. The average Bonchev–Trinajstić information content (AvgIpc) is 3.08. The lowest BCUT2D eigenvalue weighted by Gasteiger charge is -2.10. The molecular weight excluding hydrogens is 292 g/mol. The summed E-state index contributed by atoms with van der Waals surface area (Å²) in [7, 11) is 0. The largest absolute Gasteiger partial charge is 0.493 e. The molecule has 3 aromatic rings. The van der Waals surface area contributed by atoms with Crippen LogP contribution in [-0.4, -0.2) is 23.4 Å². The minimum absolute atomic E-state index is 0.449. The van der Waals surface area contributed by atoms with Crippen LogP contribution in [0.15, 0.2) is 52.9 Å².